The van der Waals surface area contributed by atoms with Crippen molar-refractivity contribution >= 4 is 40.6 Å². The second-order valence-electron chi connectivity index (χ2n) is 6.79. The van der Waals surface area contributed by atoms with Crippen molar-refractivity contribution in [3.8, 4) is 0 Å². The van der Waals surface area contributed by atoms with Crippen molar-refractivity contribution in [1.82, 2.24) is 10.6 Å². The lowest BCUT2D eigenvalue weighted by Gasteiger charge is -2.18. The Bertz CT molecular complexity index is 987. The second-order valence-corrected chi connectivity index (χ2v) is 7.20. The van der Waals surface area contributed by atoms with Crippen LogP contribution >= 0.6 is 12.2 Å². The molecule has 0 aromatic heterocycles. The van der Waals surface area contributed by atoms with E-state index in [1.165, 1.54) is 18.2 Å². The molecular formula is C20H20N4O5S. The molecule has 1 amide bonds. The van der Waals surface area contributed by atoms with Crippen LogP contribution in [-0.2, 0) is 6.54 Å². The Hall–Kier alpha value is -3.53. The molecule has 0 atom stereocenters. The Labute approximate surface area is 177 Å². The summed E-state index contributed by atoms with van der Waals surface area (Å²) in [4.78, 5) is 36.3. The van der Waals surface area contributed by atoms with Gasteiger partial charge in [-0.1, -0.05) is 12.1 Å². The average Bonchev–Trinajstić information content (AvgIpc) is 3.26. The smallest absolute Gasteiger partial charge is 0.335 e. The highest BCUT2D eigenvalue weighted by Gasteiger charge is 2.24. The number of carbonyl (C=O) groups excluding carboxylic acids is 1. The van der Waals surface area contributed by atoms with Crippen molar-refractivity contribution in [2.24, 2.45) is 0 Å². The molecule has 2 aromatic carbocycles. The zero-order valence-corrected chi connectivity index (χ0v) is 16.8. The van der Waals surface area contributed by atoms with E-state index in [0.29, 0.717) is 5.69 Å². The number of anilines is 1. The van der Waals surface area contributed by atoms with Crippen molar-refractivity contribution in [2.45, 2.75) is 19.4 Å². The molecule has 0 spiro atoms. The summed E-state index contributed by atoms with van der Waals surface area (Å²) in [6, 6.07) is 10.6. The van der Waals surface area contributed by atoms with Gasteiger partial charge in [0.15, 0.2) is 5.11 Å². The van der Waals surface area contributed by atoms with Gasteiger partial charge in [-0.15, -0.1) is 0 Å². The summed E-state index contributed by atoms with van der Waals surface area (Å²) in [5, 5.41) is 25.8. The molecule has 0 aliphatic carbocycles. The first-order valence-corrected chi connectivity index (χ1v) is 9.71. The lowest BCUT2D eigenvalue weighted by atomic mass is 10.1. The number of amides is 1. The van der Waals surface area contributed by atoms with Crippen LogP contribution in [0.1, 0.15) is 39.1 Å². The molecule has 10 heteroatoms. The number of nitrogens with zero attached hydrogens (tertiary/aromatic N) is 2. The van der Waals surface area contributed by atoms with E-state index in [0.717, 1.165) is 31.5 Å². The van der Waals surface area contributed by atoms with Crippen LogP contribution in [-0.4, -0.2) is 40.1 Å². The topological polar surface area (TPSA) is 125 Å². The molecule has 0 unspecified atom stereocenters. The van der Waals surface area contributed by atoms with Gasteiger partial charge in [0.1, 0.15) is 5.69 Å². The third-order valence-electron chi connectivity index (χ3n) is 4.76. The van der Waals surface area contributed by atoms with Gasteiger partial charge in [0.2, 0.25) is 0 Å². The van der Waals surface area contributed by atoms with Gasteiger partial charge >= 0.3 is 5.97 Å². The normalized spacial score (nSPS) is 13.0. The SMILES string of the molecule is O=C(O)c1ccc(CNC(=S)NC(=O)c2ccc(N3CCCC3)c([N+](=O)[O-])c2)cc1. The summed E-state index contributed by atoms with van der Waals surface area (Å²) < 4.78 is 0. The fourth-order valence-electron chi connectivity index (χ4n) is 3.20. The van der Waals surface area contributed by atoms with Crippen LogP contribution in [0.15, 0.2) is 42.5 Å². The van der Waals surface area contributed by atoms with Crippen molar-refractivity contribution in [3.63, 3.8) is 0 Å². The van der Waals surface area contributed by atoms with Gasteiger partial charge in [-0.05, 0) is 54.9 Å². The Morgan fingerprint density at radius 3 is 2.33 bits per heavy atom. The van der Waals surface area contributed by atoms with Gasteiger partial charge in [-0.3, -0.25) is 20.2 Å². The predicted octanol–water partition coefficient (Wildman–Crippen LogP) is 2.70. The number of aromatic carboxylic acids is 1. The van der Waals surface area contributed by atoms with Gasteiger partial charge in [-0.25, -0.2) is 4.79 Å². The summed E-state index contributed by atoms with van der Waals surface area (Å²) in [6.45, 7) is 1.80. The second kappa shape index (κ2) is 9.31. The predicted molar refractivity (Wildman–Crippen MR) is 115 cm³/mol. The van der Waals surface area contributed by atoms with Crippen LogP contribution in [0.5, 0.6) is 0 Å². The first kappa shape index (κ1) is 21.2. The quantitative estimate of drug-likeness (QED) is 0.364. The Morgan fingerprint density at radius 2 is 1.73 bits per heavy atom. The standard InChI is InChI=1S/C20H20N4O5S/c25-18(22-20(30)21-12-13-3-5-14(6-4-13)19(26)27)15-7-8-16(17(11-15)24(28)29)23-9-1-2-10-23/h3-8,11H,1-2,9-10,12H2,(H,26,27)(H2,21,22,25,30). The third-order valence-corrected chi connectivity index (χ3v) is 5.01. The van der Waals surface area contributed by atoms with Crippen molar-refractivity contribution < 1.29 is 19.6 Å². The molecule has 1 saturated heterocycles. The molecule has 9 nitrogen and oxygen atoms in total. The van der Waals surface area contributed by atoms with Gasteiger partial charge in [0, 0.05) is 31.3 Å². The summed E-state index contributed by atoms with van der Waals surface area (Å²) in [5.74, 6) is -1.56. The molecule has 1 heterocycles. The van der Waals surface area contributed by atoms with E-state index in [9.17, 15) is 19.7 Å². The zero-order chi connectivity index (χ0) is 21.7. The van der Waals surface area contributed by atoms with E-state index in [-0.39, 0.29) is 28.5 Å². The number of benzene rings is 2. The Balaban J connectivity index is 1.61. The lowest BCUT2D eigenvalue weighted by Crippen LogP contribution is -2.38. The monoisotopic (exact) mass is 428 g/mol. The van der Waals surface area contributed by atoms with E-state index >= 15 is 0 Å². The maximum absolute atomic E-state index is 12.5. The summed E-state index contributed by atoms with van der Waals surface area (Å²) in [5.41, 5.74) is 1.50. The highest BCUT2D eigenvalue weighted by Crippen LogP contribution is 2.31. The minimum Gasteiger partial charge on any atom is -0.478 e. The van der Waals surface area contributed by atoms with Gasteiger partial charge < -0.3 is 15.3 Å². The number of rotatable bonds is 6. The molecule has 3 rings (SSSR count). The highest BCUT2D eigenvalue weighted by atomic mass is 32.1. The number of carbonyl (C=O) groups is 2. The maximum Gasteiger partial charge on any atom is 0.335 e. The van der Waals surface area contributed by atoms with Crippen LogP contribution in [0.25, 0.3) is 0 Å². The fourth-order valence-corrected chi connectivity index (χ4v) is 3.37. The van der Waals surface area contributed by atoms with Gasteiger partial charge in [0.25, 0.3) is 11.6 Å². The van der Waals surface area contributed by atoms with E-state index in [1.807, 2.05) is 4.90 Å². The fraction of sp³-hybridized carbons (Fsp3) is 0.250. The first-order chi connectivity index (χ1) is 14.3. The molecule has 1 aliphatic rings. The summed E-state index contributed by atoms with van der Waals surface area (Å²) >= 11 is 5.12. The molecule has 3 N–H and O–H groups in total. The van der Waals surface area contributed by atoms with Crippen LogP contribution in [0.4, 0.5) is 11.4 Å². The van der Waals surface area contributed by atoms with Crippen LogP contribution in [0.3, 0.4) is 0 Å². The van der Waals surface area contributed by atoms with Crippen LogP contribution < -0.4 is 15.5 Å². The number of hydrogen-bond donors (Lipinski definition) is 3. The van der Waals surface area contributed by atoms with Crippen molar-refractivity contribution in [2.75, 3.05) is 18.0 Å². The zero-order valence-electron chi connectivity index (χ0n) is 16.0. The molecular weight excluding hydrogens is 408 g/mol. The van der Waals surface area contributed by atoms with Crippen molar-refractivity contribution in [3.05, 3.63) is 69.3 Å². The third kappa shape index (κ3) is 5.09. The number of hydrogen-bond acceptors (Lipinski definition) is 6. The van der Waals surface area contributed by atoms with E-state index < -0.39 is 16.8 Å². The first-order valence-electron chi connectivity index (χ1n) is 9.30. The maximum atomic E-state index is 12.5. The molecule has 1 aliphatic heterocycles. The molecule has 0 saturated carbocycles. The summed E-state index contributed by atoms with van der Waals surface area (Å²) in [6.07, 6.45) is 1.97. The molecule has 30 heavy (non-hydrogen) atoms. The molecule has 0 radical (unpaired) electrons. The minimum absolute atomic E-state index is 0.0635. The number of nitro benzene ring substituents is 1. The molecule has 0 bridgehead atoms. The van der Waals surface area contributed by atoms with Crippen LogP contribution in [0.2, 0.25) is 0 Å². The van der Waals surface area contributed by atoms with E-state index in [4.69, 9.17) is 17.3 Å². The Morgan fingerprint density at radius 1 is 1.10 bits per heavy atom. The van der Waals surface area contributed by atoms with E-state index in [2.05, 4.69) is 10.6 Å². The number of carboxylic acid groups (broad SMARTS) is 1. The number of carboxylic acids is 1. The van der Waals surface area contributed by atoms with Crippen LogP contribution in [0, 0.1) is 10.1 Å². The number of thiocarbonyl (C=S) groups is 1. The van der Waals surface area contributed by atoms with E-state index in [1.54, 1.807) is 24.3 Å². The average molecular weight is 428 g/mol. The van der Waals surface area contributed by atoms with Crippen molar-refractivity contribution in [1.29, 1.82) is 0 Å². The van der Waals surface area contributed by atoms with Gasteiger partial charge in [0.05, 0.1) is 10.5 Å². The van der Waals surface area contributed by atoms with Gasteiger partial charge in [-0.2, -0.15) is 0 Å². The number of nitro groups is 1. The minimum atomic E-state index is -1.01. The molecule has 2 aromatic rings. The highest BCUT2D eigenvalue weighted by molar-refractivity contribution is 7.80. The Kier molecular flexibility index (Phi) is 6.58. The lowest BCUT2D eigenvalue weighted by molar-refractivity contribution is -0.384. The molecule has 156 valence electrons. The number of nitrogens with one attached hydrogen (secondary N) is 2. The molecule has 1 fully saturated rings. The largest absolute Gasteiger partial charge is 0.478 e. The summed E-state index contributed by atoms with van der Waals surface area (Å²) in [7, 11) is 0.